The van der Waals surface area contributed by atoms with E-state index in [4.69, 9.17) is 4.42 Å². The van der Waals surface area contributed by atoms with Gasteiger partial charge in [-0.05, 0) is 24.3 Å². The molecule has 3 rings (SSSR count). The maximum absolute atomic E-state index is 11.9. The molecule has 0 amide bonds. The summed E-state index contributed by atoms with van der Waals surface area (Å²) in [6.45, 7) is 1.68. The van der Waals surface area contributed by atoms with E-state index in [-0.39, 0.29) is 5.69 Å². The van der Waals surface area contributed by atoms with Gasteiger partial charge in [0.15, 0.2) is 5.76 Å². The number of aryl methyl sites for hydroxylation is 2. The van der Waals surface area contributed by atoms with Gasteiger partial charge in [0.25, 0.3) is 0 Å². The molecule has 0 aliphatic heterocycles. The third-order valence-corrected chi connectivity index (χ3v) is 3.64. The van der Waals surface area contributed by atoms with Crippen LogP contribution in [0.3, 0.4) is 0 Å². The van der Waals surface area contributed by atoms with E-state index in [1.807, 2.05) is 18.2 Å². The molecule has 1 aromatic carbocycles. The number of nitrogens with two attached hydrogens (primary N) is 1. The van der Waals surface area contributed by atoms with Crippen molar-refractivity contribution in [1.82, 2.24) is 9.13 Å². The minimum atomic E-state index is 0.0108. The lowest BCUT2D eigenvalue weighted by Crippen LogP contribution is -2.80. The van der Waals surface area contributed by atoms with Gasteiger partial charge in [-0.25, -0.2) is 4.79 Å². The first kappa shape index (κ1) is 12.7. The van der Waals surface area contributed by atoms with Gasteiger partial charge in [-0.1, -0.05) is 6.07 Å². The molecule has 0 aliphatic rings. The van der Waals surface area contributed by atoms with Crippen molar-refractivity contribution in [1.29, 1.82) is 0 Å². The Bertz CT molecular complexity index is 781. The van der Waals surface area contributed by atoms with Gasteiger partial charge in [-0.3, -0.25) is 9.13 Å². The molecule has 0 atom stereocenters. The van der Waals surface area contributed by atoms with Crippen LogP contribution in [0.1, 0.15) is 11.3 Å². The minimum Gasteiger partial charge on any atom is -0.463 e. The lowest BCUT2D eigenvalue weighted by Gasteiger charge is -2.02. The molecule has 3 aromatic rings. The molecule has 2 heterocycles. The topological polar surface area (TPSA) is 56.7 Å². The number of fused-ring (bicyclic) bond motifs is 1. The zero-order valence-corrected chi connectivity index (χ0v) is 11.7. The van der Waals surface area contributed by atoms with E-state index < -0.39 is 0 Å². The zero-order valence-electron chi connectivity index (χ0n) is 11.7. The number of imidazole rings is 1. The Morgan fingerprint density at radius 2 is 1.90 bits per heavy atom. The van der Waals surface area contributed by atoms with Gasteiger partial charge in [0.1, 0.15) is 13.1 Å². The monoisotopic (exact) mass is 272 g/mol. The first-order valence-corrected chi connectivity index (χ1v) is 6.65. The fourth-order valence-corrected chi connectivity index (χ4v) is 2.49. The number of furan rings is 1. The standard InChI is InChI=1S/C15H17N3O2/c1-17-13-6-5-11(8-14(13)18(2)15(17)19)9-16-10-12-4-3-7-20-12/h3-8,16H,9-10H2,1-2H3/p+1. The highest BCUT2D eigenvalue weighted by molar-refractivity contribution is 5.76. The largest absolute Gasteiger partial charge is 0.463 e. The molecule has 2 N–H and O–H groups in total. The molecule has 0 aliphatic carbocycles. The maximum Gasteiger partial charge on any atom is 0.328 e. The molecule has 5 nitrogen and oxygen atoms in total. The molecule has 5 heteroatoms. The number of rotatable bonds is 4. The van der Waals surface area contributed by atoms with Crippen molar-refractivity contribution in [3.63, 3.8) is 0 Å². The Hall–Kier alpha value is -2.27. The van der Waals surface area contributed by atoms with E-state index in [0.717, 1.165) is 29.9 Å². The Kier molecular flexibility index (Phi) is 3.20. The molecular weight excluding hydrogens is 254 g/mol. The van der Waals surface area contributed by atoms with Crippen LogP contribution in [0.5, 0.6) is 0 Å². The van der Waals surface area contributed by atoms with Crippen LogP contribution in [0, 0.1) is 0 Å². The van der Waals surface area contributed by atoms with Crippen LogP contribution >= 0.6 is 0 Å². The van der Waals surface area contributed by atoms with Gasteiger partial charge in [0.05, 0.1) is 17.3 Å². The van der Waals surface area contributed by atoms with Crippen molar-refractivity contribution < 1.29 is 9.73 Å². The van der Waals surface area contributed by atoms with E-state index in [9.17, 15) is 4.79 Å². The summed E-state index contributed by atoms with van der Waals surface area (Å²) in [7, 11) is 3.61. The number of hydrogen-bond donors (Lipinski definition) is 1. The second kappa shape index (κ2) is 5.02. The smallest absolute Gasteiger partial charge is 0.328 e. The van der Waals surface area contributed by atoms with Crippen molar-refractivity contribution in [2.45, 2.75) is 13.1 Å². The van der Waals surface area contributed by atoms with Crippen molar-refractivity contribution in [3.8, 4) is 0 Å². The first-order valence-electron chi connectivity index (χ1n) is 6.65. The summed E-state index contributed by atoms with van der Waals surface area (Å²) in [5, 5.41) is 2.18. The van der Waals surface area contributed by atoms with Crippen molar-refractivity contribution in [3.05, 3.63) is 58.4 Å². The highest BCUT2D eigenvalue weighted by Gasteiger charge is 2.08. The van der Waals surface area contributed by atoms with Crippen LogP contribution < -0.4 is 11.0 Å². The highest BCUT2D eigenvalue weighted by atomic mass is 16.3. The molecule has 0 fully saturated rings. The number of benzene rings is 1. The third kappa shape index (κ3) is 2.16. The van der Waals surface area contributed by atoms with Crippen LogP contribution in [0.15, 0.2) is 45.8 Å². The van der Waals surface area contributed by atoms with Crippen LogP contribution in [0.2, 0.25) is 0 Å². The number of hydrogen-bond acceptors (Lipinski definition) is 2. The normalized spacial score (nSPS) is 11.3. The van der Waals surface area contributed by atoms with Gasteiger partial charge in [0, 0.05) is 19.7 Å². The average Bonchev–Trinajstić information content (AvgIpc) is 3.04. The predicted molar refractivity (Wildman–Crippen MR) is 76.2 cm³/mol. The summed E-state index contributed by atoms with van der Waals surface area (Å²) in [6.07, 6.45) is 1.69. The number of aromatic nitrogens is 2. The van der Waals surface area contributed by atoms with Crippen molar-refractivity contribution in [2.75, 3.05) is 0 Å². The molecule has 0 radical (unpaired) electrons. The molecule has 2 aromatic heterocycles. The number of quaternary nitrogens is 1. The quantitative estimate of drug-likeness (QED) is 0.761. The molecule has 0 unspecified atom stereocenters. The molecule has 20 heavy (non-hydrogen) atoms. The van der Waals surface area contributed by atoms with Crippen LogP contribution in [-0.4, -0.2) is 9.13 Å². The average molecular weight is 272 g/mol. The van der Waals surface area contributed by atoms with Gasteiger partial charge in [0.2, 0.25) is 0 Å². The molecular formula is C15H18N3O2+. The lowest BCUT2D eigenvalue weighted by molar-refractivity contribution is -0.687. The van der Waals surface area contributed by atoms with Gasteiger partial charge in [-0.15, -0.1) is 0 Å². The molecule has 0 saturated heterocycles. The Morgan fingerprint density at radius 3 is 2.65 bits per heavy atom. The van der Waals surface area contributed by atoms with Crippen LogP contribution in [0.25, 0.3) is 11.0 Å². The summed E-state index contributed by atoms with van der Waals surface area (Å²) in [5.74, 6) is 0.971. The SMILES string of the molecule is Cn1c(=O)n(C)c2cc(C[NH2+]Cc3ccco3)ccc21. The van der Waals surface area contributed by atoms with Gasteiger partial charge < -0.3 is 9.73 Å². The third-order valence-electron chi connectivity index (χ3n) is 3.64. The molecule has 0 bridgehead atoms. The Labute approximate surface area is 116 Å². The first-order chi connectivity index (χ1) is 9.66. The van der Waals surface area contributed by atoms with E-state index in [1.54, 1.807) is 29.5 Å². The fraction of sp³-hybridized carbons (Fsp3) is 0.267. The second-order valence-electron chi connectivity index (χ2n) is 5.00. The Balaban J connectivity index is 1.79. The fourth-order valence-electron chi connectivity index (χ4n) is 2.49. The van der Waals surface area contributed by atoms with E-state index in [2.05, 4.69) is 17.4 Å². The van der Waals surface area contributed by atoms with Crippen molar-refractivity contribution >= 4 is 11.0 Å². The predicted octanol–water partition coefficient (Wildman–Crippen LogP) is 0.734. The summed E-state index contributed by atoms with van der Waals surface area (Å²) < 4.78 is 8.66. The number of nitrogens with zero attached hydrogens (tertiary/aromatic N) is 2. The summed E-state index contributed by atoms with van der Waals surface area (Å²) in [6, 6.07) is 10.0. The summed E-state index contributed by atoms with van der Waals surface area (Å²) in [5.41, 5.74) is 3.15. The summed E-state index contributed by atoms with van der Waals surface area (Å²) in [4.78, 5) is 11.9. The molecule has 0 saturated carbocycles. The van der Waals surface area contributed by atoms with E-state index in [1.165, 1.54) is 5.56 Å². The Morgan fingerprint density at radius 1 is 1.10 bits per heavy atom. The van der Waals surface area contributed by atoms with Gasteiger partial charge in [-0.2, -0.15) is 0 Å². The maximum atomic E-state index is 11.9. The highest BCUT2D eigenvalue weighted by Crippen LogP contribution is 2.13. The van der Waals surface area contributed by atoms with E-state index in [0.29, 0.717) is 0 Å². The second-order valence-corrected chi connectivity index (χ2v) is 5.00. The van der Waals surface area contributed by atoms with E-state index >= 15 is 0 Å². The minimum absolute atomic E-state index is 0.0108. The zero-order chi connectivity index (χ0) is 14.1. The van der Waals surface area contributed by atoms with Gasteiger partial charge >= 0.3 is 5.69 Å². The van der Waals surface area contributed by atoms with Crippen LogP contribution in [0.4, 0.5) is 0 Å². The molecule has 0 spiro atoms. The molecule has 104 valence electrons. The van der Waals surface area contributed by atoms with Crippen molar-refractivity contribution in [2.24, 2.45) is 14.1 Å². The van der Waals surface area contributed by atoms with Crippen LogP contribution in [-0.2, 0) is 27.2 Å². The summed E-state index contributed by atoms with van der Waals surface area (Å²) >= 11 is 0. The lowest BCUT2D eigenvalue weighted by atomic mass is 10.2.